The molecule has 3 aliphatic rings. The predicted octanol–water partition coefficient (Wildman–Crippen LogP) is 3.02. The number of nitrogens with two attached hydrogens (primary N) is 1. The van der Waals surface area contributed by atoms with Crippen LogP contribution in [0.4, 0.5) is 0 Å². The summed E-state index contributed by atoms with van der Waals surface area (Å²) in [5.41, 5.74) is 11.1. The molecule has 0 saturated carbocycles. The molecule has 20 heavy (non-hydrogen) atoms. The minimum absolute atomic E-state index is 0.0928. The van der Waals surface area contributed by atoms with Crippen LogP contribution in [-0.4, -0.2) is 5.91 Å². The van der Waals surface area contributed by atoms with E-state index in [1.54, 1.807) is 0 Å². The van der Waals surface area contributed by atoms with E-state index >= 15 is 0 Å². The van der Waals surface area contributed by atoms with Crippen molar-refractivity contribution in [2.75, 3.05) is 0 Å². The predicted molar refractivity (Wildman–Crippen MR) is 78.4 cm³/mol. The van der Waals surface area contributed by atoms with Crippen LogP contribution in [0.3, 0.4) is 0 Å². The van der Waals surface area contributed by atoms with Crippen molar-refractivity contribution in [3.63, 3.8) is 0 Å². The lowest BCUT2D eigenvalue weighted by Crippen LogP contribution is -2.44. The second-order valence-electron chi connectivity index (χ2n) is 6.00. The largest absolute Gasteiger partial charge is 0.369 e. The molecule has 2 atom stereocenters. The highest BCUT2D eigenvalue weighted by Crippen LogP contribution is 2.57. The third kappa shape index (κ3) is 1.31. The Labute approximate surface area is 118 Å². The summed E-state index contributed by atoms with van der Waals surface area (Å²) in [7, 11) is 0. The number of amides is 1. The van der Waals surface area contributed by atoms with Gasteiger partial charge in [0.05, 0.1) is 5.92 Å². The molecule has 2 heteroatoms. The topological polar surface area (TPSA) is 43.1 Å². The lowest BCUT2D eigenvalue weighted by Gasteiger charge is -2.48. The van der Waals surface area contributed by atoms with Gasteiger partial charge in [-0.05, 0) is 28.2 Å². The molecule has 3 aliphatic carbocycles. The van der Waals surface area contributed by atoms with Gasteiger partial charge in [0, 0.05) is 11.8 Å². The molecule has 100 valence electrons. The molecule has 0 unspecified atom stereocenters. The zero-order valence-electron chi connectivity index (χ0n) is 11.4. The van der Waals surface area contributed by atoms with Crippen LogP contribution >= 0.6 is 0 Å². The molecule has 2 aromatic carbocycles. The fourth-order valence-corrected chi connectivity index (χ4v) is 4.38. The lowest BCUT2D eigenvalue weighted by atomic mass is 9.54. The fourth-order valence-electron chi connectivity index (χ4n) is 4.38. The van der Waals surface area contributed by atoms with Crippen molar-refractivity contribution in [2.24, 2.45) is 17.6 Å². The quantitative estimate of drug-likeness (QED) is 0.844. The molecule has 0 spiro atoms. The summed E-state index contributed by atoms with van der Waals surface area (Å²) in [6, 6.07) is 17.0. The fraction of sp³-hybridized carbons (Fsp3) is 0.278. The average Bonchev–Trinajstić information content (AvgIpc) is 2.47. The van der Waals surface area contributed by atoms with E-state index in [4.69, 9.17) is 5.73 Å². The first-order valence-corrected chi connectivity index (χ1v) is 7.17. The van der Waals surface area contributed by atoms with Crippen molar-refractivity contribution in [2.45, 2.75) is 18.8 Å². The second kappa shape index (κ2) is 3.95. The van der Waals surface area contributed by atoms with Gasteiger partial charge < -0.3 is 5.73 Å². The van der Waals surface area contributed by atoms with Crippen LogP contribution in [0.25, 0.3) is 0 Å². The van der Waals surface area contributed by atoms with E-state index in [-0.39, 0.29) is 23.7 Å². The summed E-state index contributed by atoms with van der Waals surface area (Å²) in [5, 5.41) is 0. The van der Waals surface area contributed by atoms with Crippen LogP contribution in [-0.2, 0) is 4.79 Å². The van der Waals surface area contributed by atoms with Crippen molar-refractivity contribution in [1.82, 2.24) is 0 Å². The molecule has 0 aliphatic heterocycles. The third-order valence-corrected chi connectivity index (χ3v) is 5.11. The molecule has 2 aromatic rings. The maximum atomic E-state index is 12.0. The molecule has 0 saturated heterocycles. The van der Waals surface area contributed by atoms with Crippen molar-refractivity contribution in [3.8, 4) is 0 Å². The van der Waals surface area contributed by atoms with Crippen molar-refractivity contribution in [3.05, 3.63) is 70.8 Å². The number of rotatable bonds is 1. The lowest BCUT2D eigenvalue weighted by molar-refractivity contribution is -0.124. The molecule has 0 radical (unpaired) electrons. The summed E-state index contributed by atoms with van der Waals surface area (Å²) >= 11 is 0. The zero-order chi connectivity index (χ0) is 13.9. The van der Waals surface area contributed by atoms with Crippen molar-refractivity contribution < 1.29 is 4.79 Å². The Morgan fingerprint density at radius 3 is 1.65 bits per heavy atom. The van der Waals surface area contributed by atoms with Gasteiger partial charge in [-0.15, -0.1) is 0 Å². The highest BCUT2D eigenvalue weighted by atomic mass is 16.1. The standard InChI is InChI=1S/C18H17NO/c1-10-15-11-6-2-4-8-13(11)17(16(10)18(19)20)14-9-5-3-7-12(14)15/h2-10,15-17H,1H3,(H2,19,20)/t10-,15?,16+,17?/m0/s1. The van der Waals surface area contributed by atoms with E-state index in [2.05, 4.69) is 55.5 Å². The molecular weight excluding hydrogens is 246 g/mol. The van der Waals surface area contributed by atoms with E-state index in [1.807, 2.05) is 0 Å². The van der Waals surface area contributed by atoms with Crippen LogP contribution in [0.15, 0.2) is 48.5 Å². The number of hydrogen-bond acceptors (Lipinski definition) is 1. The van der Waals surface area contributed by atoms with Gasteiger partial charge in [0.25, 0.3) is 0 Å². The highest BCUT2D eigenvalue weighted by Gasteiger charge is 2.49. The molecule has 1 amide bonds. The van der Waals surface area contributed by atoms with E-state index in [1.165, 1.54) is 22.3 Å². The molecule has 2 nitrogen and oxygen atoms in total. The Bertz CT molecular complexity index is 659. The second-order valence-corrected chi connectivity index (χ2v) is 6.00. The van der Waals surface area contributed by atoms with Crippen molar-refractivity contribution >= 4 is 5.91 Å². The van der Waals surface area contributed by atoms with Gasteiger partial charge in [-0.25, -0.2) is 0 Å². The maximum Gasteiger partial charge on any atom is 0.221 e. The first kappa shape index (κ1) is 11.7. The summed E-state index contributed by atoms with van der Waals surface area (Å²) in [4.78, 5) is 12.0. The van der Waals surface area contributed by atoms with E-state index in [9.17, 15) is 4.79 Å². The van der Waals surface area contributed by atoms with Gasteiger partial charge >= 0.3 is 0 Å². The number of benzene rings is 2. The minimum Gasteiger partial charge on any atom is -0.369 e. The monoisotopic (exact) mass is 263 g/mol. The zero-order valence-corrected chi connectivity index (χ0v) is 11.4. The van der Waals surface area contributed by atoms with Crippen LogP contribution in [0, 0.1) is 11.8 Å². The van der Waals surface area contributed by atoms with Gasteiger partial charge in [-0.3, -0.25) is 4.79 Å². The maximum absolute atomic E-state index is 12.0. The van der Waals surface area contributed by atoms with Gasteiger partial charge in [-0.1, -0.05) is 55.5 Å². The van der Waals surface area contributed by atoms with Gasteiger partial charge in [0.2, 0.25) is 5.91 Å². The Morgan fingerprint density at radius 1 is 0.850 bits per heavy atom. The number of fused-ring (bicyclic) bond motifs is 1. The highest BCUT2D eigenvalue weighted by molar-refractivity contribution is 5.81. The number of hydrogen-bond donors (Lipinski definition) is 1. The first-order chi connectivity index (χ1) is 9.70. The molecular formula is C18H17NO. The van der Waals surface area contributed by atoms with Crippen LogP contribution < -0.4 is 5.73 Å². The van der Waals surface area contributed by atoms with Gasteiger partial charge in [-0.2, -0.15) is 0 Å². The van der Waals surface area contributed by atoms with Gasteiger partial charge in [0.1, 0.15) is 0 Å². The third-order valence-electron chi connectivity index (χ3n) is 5.11. The minimum atomic E-state index is -0.170. The van der Waals surface area contributed by atoms with Crippen LogP contribution in [0.2, 0.25) is 0 Å². The summed E-state index contributed by atoms with van der Waals surface area (Å²) in [5.74, 6) is 0.424. The van der Waals surface area contributed by atoms with Gasteiger partial charge in [0.15, 0.2) is 0 Å². The Morgan fingerprint density at radius 2 is 1.25 bits per heavy atom. The van der Waals surface area contributed by atoms with E-state index in [0.717, 1.165) is 0 Å². The van der Waals surface area contributed by atoms with E-state index < -0.39 is 0 Å². The average molecular weight is 263 g/mol. The number of primary amides is 1. The summed E-state index contributed by atoms with van der Waals surface area (Å²) < 4.78 is 0. The summed E-state index contributed by atoms with van der Waals surface area (Å²) in [6.45, 7) is 2.17. The van der Waals surface area contributed by atoms with E-state index in [0.29, 0.717) is 5.92 Å². The molecule has 5 rings (SSSR count). The smallest absolute Gasteiger partial charge is 0.221 e. The molecule has 2 bridgehead atoms. The molecule has 0 fully saturated rings. The van der Waals surface area contributed by atoms with Crippen LogP contribution in [0.1, 0.15) is 41.0 Å². The first-order valence-electron chi connectivity index (χ1n) is 7.17. The SMILES string of the molecule is C[C@H]1C2c3ccccc3C(c3ccccc32)[C@@H]1C(N)=O. The number of carbonyl (C=O) groups excluding carboxylic acids is 1. The summed E-state index contributed by atoms with van der Waals surface area (Å²) in [6.07, 6.45) is 0. The van der Waals surface area contributed by atoms with Crippen LogP contribution in [0.5, 0.6) is 0 Å². The van der Waals surface area contributed by atoms with Crippen molar-refractivity contribution in [1.29, 1.82) is 0 Å². The Kier molecular flexibility index (Phi) is 2.31. The Hall–Kier alpha value is -2.09. The molecule has 0 aromatic heterocycles. The number of carbonyl (C=O) groups is 1. The normalized spacial score (nSPS) is 29.6. The molecule has 2 N–H and O–H groups in total. The molecule has 0 heterocycles. The Balaban J connectivity index is 2.04.